The number of thioether (sulfide) groups is 1. The number of anilines is 1. The lowest BCUT2D eigenvalue weighted by Crippen LogP contribution is -2.36. The number of rotatable bonds is 1. The van der Waals surface area contributed by atoms with Crippen LogP contribution in [0.25, 0.3) is 0 Å². The molecule has 1 aromatic carbocycles. The standard InChI is InChI=1S/C10H9Cl2NOS/c11-6-10(14)13-3-4-15-9-2-1-7(12)5-8(9)13/h1-2,5H,3-4,6H2. The van der Waals surface area contributed by atoms with E-state index >= 15 is 0 Å². The zero-order chi connectivity index (χ0) is 10.8. The number of carbonyl (C=O) groups is 1. The van der Waals surface area contributed by atoms with Gasteiger partial charge in [0, 0.05) is 22.2 Å². The molecular formula is C10H9Cl2NOS. The molecule has 1 aromatic rings. The molecule has 0 saturated carbocycles. The van der Waals surface area contributed by atoms with E-state index in [2.05, 4.69) is 0 Å². The molecule has 0 aromatic heterocycles. The van der Waals surface area contributed by atoms with Crippen molar-refractivity contribution in [1.29, 1.82) is 0 Å². The van der Waals surface area contributed by atoms with E-state index in [0.29, 0.717) is 11.6 Å². The molecule has 0 bridgehead atoms. The van der Waals surface area contributed by atoms with Crippen LogP contribution in [0.1, 0.15) is 0 Å². The summed E-state index contributed by atoms with van der Waals surface area (Å²) < 4.78 is 0. The van der Waals surface area contributed by atoms with Gasteiger partial charge in [-0.3, -0.25) is 4.79 Å². The fourth-order valence-corrected chi connectivity index (χ4v) is 2.81. The number of amides is 1. The van der Waals surface area contributed by atoms with Crippen molar-refractivity contribution in [2.24, 2.45) is 0 Å². The second-order valence-corrected chi connectivity index (χ2v) is 4.98. The van der Waals surface area contributed by atoms with E-state index in [0.717, 1.165) is 16.3 Å². The first kappa shape index (κ1) is 11.1. The SMILES string of the molecule is O=C(CCl)N1CCSc2ccc(Cl)cc21. The number of alkyl halides is 1. The summed E-state index contributed by atoms with van der Waals surface area (Å²) in [5.74, 6) is 0.842. The molecule has 0 atom stereocenters. The highest BCUT2D eigenvalue weighted by Gasteiger charge is 2.22. The van der Waals surface area contributed by atoms with Crippen molar-refractivity contribution in [2.75, 3.05) is 23.1 Å². The molecule has 2 rings (SSSR count). The molecule has 0 saturated heterocycles. The van der Waals surface area contributed by atoms with Crippen LogP contribution in [-0.4, -0.2) is 24.1 Å². The summed E-state index contributed by atoms with van der Waals surface area (Å²) in [5, 5.41) is 0.642. The topological polar surface area (TPSA) is 20.3 Å². The van der Waals surface area contributed by atoms with Gasteiger partial charge < -0.3 is 4.90 Å². The smallest absolute Gasteiger partial charge is 0.241 e. The van der Waals surface area contributed by atoms with Crippen LogP contribution >= 0.6 is 35.0 Å². The number of benzene rings is 1. The lowest BCUT2D eigenvalue weighted by Gasteiger charge is -2.28. The molecule has 0 spiro atoms. The number of hydrogen-bond donors (Lipinski definition) is 0. The Bertz CT molecular complexity index is 397. The van der Waals surface area contributed by atoms with Gasteiger partial charge in [-0.05, 0) is 18.2 Å². The van der Waals surface area contributed by atoms with Gasteiger partial charge in [0.2, 0.25) is 5.91 Å². The van der Waals surface area contributed by atoms with Gasteiger partial charge >= 0.3 is 0 Å². The molecule has 15 heavy (non-hydrogen) atoms. The molecular weight excluding hydrogens is 253 g/mol. The first-order valence-corrected chi connectivity index (χ1v) is 6.41. The van der Waals surface area contributed by atoms with Crippen molar-refractivity contribution in [3.63, 3.8) is 0 Å². The second kappa shape index (κ2) is 4.64. The van der Waals surface area contributed by atoms with Gasteiger partial charge in [-0.2, -0.15) is 0 Å². The number of nitrogens with zero attached hydrogens (tertiary/aromatic N) is 1. The molecule has 0 N–H and O–H groups in total. The minimum atomic E-state index is -0.0690. The highest BCUT2D eigenvalue weighted by molar-refractivity contribution is 7.99. The molecule has 1 amide bonds. The van der Waals surface area contributed by atoms with E-state index in [1.807, 2.05) is 18.2 Å². The van der Waals surface area contributed by atoms with Gasteiger partial charge in [0.25, 0.3) is 0 Å². The maximum Gasteiger partial charge on any atom is 0.241 e. The average molecular weight is 262 g/mol. The van der Waals surface area contributed by atoms with Crippen molar-refractivity contribution in [3.05, 3.63) is 23.2 Å². The van der Waals surface area contributed by atoms with Crippen LogP contribution in [0.15, 0.2) is 23.1 Å². The molecule has 1 heterocycles. The average Bonchev–Trinajstić information content (AvgIpc) is 2.27. The van der Waals surface area contributed by atoms with Gasteiger partial charge in [-0.15, -0.1) is 23.4 Å². The number of halogens is 2. The normalized spacial score (nSPS) is 14.9. The molecule has 80 valence electrons. The van der Waals surface area contributed by atoms with Crippen LogP contribution in [0.4, 0.5) is 5.69 Å². The lowest BCUT2D eigenvalue weighted by molar-refractivity contribution is -0.116. The van der Waals surface area contributed by atoms with E-state index in [4.69, 9.17) is 23.2 Å². The van der Waals surface area contributed by atoms with E-state index in [1.165, 1.54) is 0 Å². The maximum absolute atomic E-state index is 11.6. The minimum absolute atomic E-state index is 0.0105. The van der Waals surface area contributed by atoms with E-state index in [1.54, 1.807) is 16.7 Å². The Hall–Kier alpha value is -0.380. The Kier molecular flexibility index (Phi) is 3.44. The third-order valence-electron chi connectivity index (χ3n) is 2.20. The van der Waals surface area contributed by atoms with Crippen LogP contribution in [-0.2, 0) is 4.79 Å². The Labute approximate surface area is 103 Å². The molecule has 0 radical (unpaired) electrons. The van der Waals surface area contributed by atoms with E-state index in [-0.39, 0.29) is 11.8 Å². The van der Waals surface area contributed by atoms with Crippen molar-refractivity contribution >= 4 is 46.6 Å². The predicted octanol–water partition coefficient (Wildman–Crippen LogP) is 3.02. The van der Waals surface area contributed by atoms with Crippen molar-refractivity contribution < 1.29 is 4.79 Å². The number of fused-ring (bicyclic) bond motifs is 1. The largest absolute Gasteiger partial charge is 0.309 e. The number of hydrogen-bond acceptors (Lipinski definition) is 2. The predicted molar refractivity (Wildman–Crippen MR) is 65.2 cm³/mol. The highest BCUT2D eigenvalue weighted by Crippen LogP contribution is 2.36. The summed E-state index contributed by atoms with van der Waals surface area (Å²) in [7, 11) is 0. The summed E-state index contributed by atoms with van der Waals surface area (Å²) in [5.41, 5.74) is 0.879. The summed E-state index contributed by atoms with van der Waals surface area (Å²) >= 11 is 13.2. The minimum Gasteiger partial charge on any atom is -0.309 e. The zero-order valence-corrected chi connectivity index (χ0v) is 10.2. The molecule has 1 aliphatic heterocycles. The van der Waals surface area contributed by atoms with Crippen LogP contribution in [0.5, 0.6) is 0 Å². The molecule has 0 fully saturated rings. The third kappa shape index (κ3) is 2.25. The van der Waals surface area contributed by atoms with Gasteiger partial charge in [0.1, 0.15) is 5.88 Å². The molecule has 2 nitrogen and oxygen atoms in total. The van der Waals surface area contributed by atoms with E-state index in [9.17, 15) is 4.79 Å². The van der Waals surface area contributed by atoms with Gasteiger partial charge in [0.15, 0.2) is 0 Å². The Morgan fingerprint density at radius 3 is 3.07 bits per heavy atom. The Morgan fingerprint density at radius 2 is 2.33 bits per heavy atom. The number of carbonyl (C=O) groups excluding carboxylic acids is 1. The monoisotopic (exact) mass is 261 g/mol. The second-order valence-electron chi connectivity index (χ2n) is 3.14. The van der Waals surface area contributed by atoms with Crippen LogP contribution in [0.3, 0.4) is 0 Å². The maximum atomic E-state index is 11.6. The van der Waals surface area contributed by atoms with Crippen LogP contribution in [0, 0.1) is 0 Å². The summed E-state index contributed by atoms with van der Waals surface area (Å²) in [6, 6.07) is 5.59. The lowest BCUT2D eigenvalue weighted by atomic mass is 10.2. The fourth-order valence-electron chi connectivity index (χ4n) is 1.52. The molecule has 5 heteroatoms. The quantitative estimate of drug-likeness (QED) is 0.725. The fraction of sp³-hybridized carbons (Fsp3) is 0.300. The summed E-state index contributed by atoms with van der Waals surface area (Å²) in [4.78, 5) is 14.4. The molecule has 0 aliphatic carbocycles. The van der Waals surface area contributed by atoms with Crippen LogP contribution in [0.2, 0.25) is 5.02 Å². The molecule has 0 unspecified atom stereocenters. The Morgan fingerprint density at radius 1 is 1.53 bits per heavy atom. The highest BCUT2D eigenvalue weighted by atomic mass is 35.5. The van der Waals surface area contributed by atoms with E-state index < -0.39 is 0 Å². The van der Waals surface area contributed by atoms with Gasteiger partial charge in [-0.25, -0.2) is 0 Å². The summed E-state index contributed by atoms with van der Waals surface area (Å²) in [6.45, 7) is 0.698. The first-order valence-electron chi connectivity index (χ1n) is 4.51. The van der Waals surface area contributed by atoms with Gasteiger partial charge in [0.05, 0.1) is 5.69 Å². The van der Waals surface area contributed by atoms with Crippen LogP contribution < -0.4 is 4.90 Å². The summed E-state index contributed by atoms with van der Waals surface area (Å²) in [6.07, 6.45) is 0. The van der Waals surface area contributed by atoms with Crippen molar-refractivity contribution in [2.45, 2.75) is 4.90 Å². The van der Waals surface area contributed by atoms with Crippen molar-refractivity contribution in [1.82, 2.24) is 0 Å². The molecule has 1 aliphatic rings. The van der Waals surface area contributed by atoms with Gasteiger partial charge in [-0.1, -0.05) is 11.6 Å². The third-order valence-corrected chi connectivity index (χ3v) is 3.71. The van der Waals surface area contributed by atoms with Crippen molar-refractivity contribution in [3.8, 4) is 0 Å². The Balaban J connectivity index is 2.40. The zero-order valence-electron chi connectivity index (χ0n) is 7.87. The first-order chi connectivity index (χ1) is 7.22.